The van der Waals surface area contributed by atoms with Gasteiger partial charge < -0.3 is 84.9 Å². The second-order valence-electron chi connectivity index (χ2n) is 14.1. The zero-order valence-electron chi connectivity index (χ0n) is 30.7. The van der Waals surface area contributed by atoms with Gasteiger partial charge in [-0.15, -0.1) is 0 Å². The molecule has 3 heterocycles. The highest BCUT2D eigenvalue weighted by Gasteiger charge is 2.50. The molecule has 308 valence electrons. The molecular weight excluding hydrogens is 712 g/mol. The van der Waals surface area contributed by atoms with E-state index in [-0.39, 0.29) is 55.5 Å². The smallest absolute Gasteiger partial charge is 0.404 e. The summed E-state index contributed by atoms with van der Waals surface area (Å²) in [5, 5.41) is 45.6. The van der Waals surface area contributed by atoms with Gasteiger partial charge in [0.1, 0.15) is 18.2 Å². The molecule has 0 aromatic heterocycles. The van der Waals surface area contributed by atoms with Crippen molar-refractivity contribution in [3.63, 3.8) is 0 Å². The number of nitrogens with one attached hydrogen (secondary N) is 5. The van der Waals surface area contributed by atoms with Crippen molar-refractivity contribution in [1.29, 1.82) is 0 Å². The first kappa shape index (κ1) is 44.5. The van der Waals surface area contributed by atoms with E-state index in [0.717, 1.165) is 6.42 Å². The summed E-state index contributed by atoms with van der Waals surface area (Å²) >= 11 is 0. The Morgan fingerprint density at radius 3 is 2.06 bits per heavy atom. The number of piperidine rings is 1. The highest BCUT2D eigenvalue weighted by atomic mass is 16.6. The predicted molar refractivity (Wildman–Crippen MR) is 194 cm³/mol. The van der Waals surface area contributed by atoms with Gasteiger partial charge in [0.2, 0.25) is 23.6 Å². The number of fused-ring (bicyclic) bond motifs is 1. The van der Waals surface area contributed by atoms with Crippen LogP contribution in [-0.2, 0) is 28.7 Å². The number of nitrogens with two attached hydrogens (primary N) is 5. The highest BCUT2D eigenvalue weighted by Crippen LogP contribution is 2.25. The maximum Gasteiger partial charge on any atom is 0.404 e. The fraction of sp³-hybridized carbons (Fsp3) is 0.812. The van der Waals surface area contributed by atoms with Crippen LogP contribution in [0, 0.1) is 0 Å². The molecular formula is C32H60N12O10. The van der Waals surface area contributed by atoms with Gasteiger partial charge in [-0.05, 0) is 45.1 Å². The van der Waals surface area contributed by atoms with E-state index in [4.69, 9.17) is 38.1 Å². The van der Waals surface area contributed by atoms with Crippen LogP contribution < -0.4 is 55.3 Å². The van der Waals surface area contributed by atoms with E-state index < -0.39 is 79.5 Å². The summed E-state index contributed by atoms with van der Waals surface area (Å²) in [6.07, 6.45) is -4.25. The molecule has 0 spiro atoms. The number of carbonyl (C=O) groups excluding carboxylic acids is 5. The first-order valence-corrected chi connectivity index (χ1v) is 18.4. The lowest BCUT2D eigenvalue weighted by Gasteiger charge is -2.44. The van der Waals surface area contributed by atoms with Crippen LogP contribution in [0.5, 0.6) is 0 Å². The summed E-state index contributed by atoms with van der Waals surface area (Å²) < 4.78 is 10.9. The molecule has 6 unspecified atom stereocenters. The number of hydrogen-bond donors (Lipinski definition) is 13. The number of carbonyl (C=O) groups is 5. The summed E-state index contributed by atoms with van der Waals surface area (Å²) in [5.41, 5.74) is 28.8. The van der Waals surface area contributed by atoms with Gasteiger partial charge in [0, 0.05) is 64.1 Å². The zero-order chi connectivity index (χ0) is 39.9. The number of ether oxygens (including phenoxy) is 2. The van der Waals surface area contributed by atoms with E-state index in [1.54, 1.807) is 0 Å². The van der Waals surface area contributed by atoms with Crippen LogP contribution in [0.25, 0.3) is 0 Å². The molecule has 2 fully saturated rings. The number of primary amides is 1. The molecule has 0 radical (unpaired) electrons. The van der Waals surface area contributed by atoms with Gasteiger partial charge in [-0.2, -0.15) is 0 Å². The Morgan fingerprint density at radius 2 is 1.52 bits per heavy atom. The Balaban J connectivity index is 1.43. The fourth-order valence-electron chi connectivity index (χ4n) is 6.57. The molecule has 0 aromatic rings. The minimum Gasteiger partial charge on any atom is -0.441 e. The Morgan fingerprint density at radius 1 is 0.963 bits per heavy atom. The highest BCUT2D eigenvalue weighted by molar-refractivity contribution is 5.92. The number of guanidine groups is 1. The number of nitrogens with zero attached hydrogens (tertiary/aromatic N) is 2. The SMILES string of the molecule is CN1CC(O)C2NC(N[C@@H]3O[C@H](CO)[C@H](OC(N)=O)[C@@H](O)[C@H]3NC(=O)CC(N)CCCNC(=O)CC(N)CCCNC(=O)CC(N)CCCN)=NC2C1=O. The van der Waals surface area contributed by atoms with Crippen LogP contribution in [0.3, 0.4) is 0 Å². The maximum atomic E-state index is 13.1. The summed E-state index contributed by atoms with van der Waals surface area (Å²) in [6.45, 7) is 0.641. The fourth-order valence-corrected chi connectivity index (χ4v) is 6.57. The van der Waals surface area contributed by atoms with Crippen molar-refractivity contribution in [1.82, 2.24) is 31.5 Å². The molecule has 3 aliphatic rings. The molecule has 0 bridgehead atoms. The van der Waals surface area contributed by atoms with Gasteiger partial charge in [-0.3, -0.25) is 19.2 Å². The first-order chi connectivity index (χ1) is 25.6. The lowest BCUT2D eigenvalue weighted by atomic mass is 9.95. The standard InChI is InChI=1S/C32H60N12O10/c1-44-14-19(46)24-25(30(44)51)42-32(41-24)43-29-26(27(50)28(54-31(37)52)20(15-45)53-29)40-23(49)13-18(36)7-4-10-39-22(48)12-17(35)6-3-9-38-21(47)11-16(34)5-2-8-33/h16-20,24-29,45-46,50H,2-15,33-36H2,1H3,(H2,37,52)(H,38,47)(H,39,48)(H,40,49)(H2,41,42,43)/t16?,17?,18?,19?,20-,24?,25?,26-,27+,28+,29-/m1/s1. The number of hydrogen-bond acceptors (Lipinski definition) is 17. The van der Waals surface area contributed by atoms with Crippen molar-refractivity contribution >= 4 is 35.7 Å². The van der Waals surface area contributed by atoms with Gasteiger partial charge in [-0.25, -0.2) is 9.79 Å². The number of aliphatic hydroxyl groups is 3. The van der Waals surface area contributed by atoms with Crippen LogP contribution >= 0.6 is 0 Å². The van der Waals surface area contributed by atoms with Crippen LogP contribution in [0.1, 0.15) is 57.8 Å². The first-order valence-electron chi connectivity index (χ1n) is 18.4. The molecule has 18 N–H and O–H groups in total. The van der Waals surface area contributed by atoms with Crippen molar-refractivity contribution in [2.24, 2.45) is 33.7 Å². The Hall–Kier alpha value is -3.90. The molecule has 54 heavy (non-hydrogen) atoms. The van der Waals surface area contributed by atoms with Crippen LogP contribution in [0.2, 0.25) is 0 Å². The Kier molecular flexibility index (Phi) is 18.0. The van der Waals surface area contributed by atoms with Crippen molar-refractivity contribution in [3.8, 4) is 0 Å². The van der Waals surface area contributed by atoms with E-state index in [0.29, 0.717) is 51.7 Å². The zero-order valence-corrected chi connectivity index (χ0v) is 30.7. The minimum atomic E-state index is -1.63. The summed E-state index contributed by atoms with van der Waals surface area (Å²) in [5.74, 6) is -1.26. The van der Waals surface area contributed by atoms with E-state index in [2.05, 4.69) is 31.6 Å². The average molecular weight is 773 g/mol. The third-order valence-electron chi connectivity index (χ3n) is 9.44. The quantitative estimate of drug-likeness (QED) is 0.0483. The van der Waals surface area contributed by atoms with Crippen LogP contribution in [-0.4, -0.2) is 163 Å². The normalized spacial score (nSPS) is 28.1. The molecule has 11 atom stereocenters. The van der Waals surface area contributed by atoms with Crippen LogP contribution in [0.4, 0.5) is 4.79 Å². The molecule has 5 amide bonds. The van der Waals surface area contributed by atoms with Crippen molar-refractivity contribution < 1.29 is 48.8 Å². The topological polar surface area (TPSA) is 370 Å². The molecule has 0 saturated carbocycles. The Labute approximate surface area is 314 Å². The van der Waals surface area contributed by atoms with Gasteiger partial charge in [0.05, 0.1) is 18.8 Å². The third-order valence-corrected chi connectivity index (χ3v) is 9.44. The maximum absolute atomic E-state index is 13.1. The van der Waals surface area contributed by atoms with E-state index in [1.807, 2.05) is 0 Å². The molecule has 0 aromatic carbocycles. The summed E-state index contributed by atoms with van der Waals surface area (Å²) in [6, 6.07) is -4.23. The third kappa shape index (κ3) is 13.7. The van der Waals surface area contributed by atoms with Gasteiger partial charge in [0.15, 0.2) is 24.3 Å². The predicted octanol–water partition coefficient (Wildman–Crippen LogP) is -6.18. The number of amides is 5. The largest absolute Gasteiger partial charge is 0.441 e. The van der Waals surface area contributed by atoms with Gasteiger partial charge in [0.25, 0.3) is 0 Å². The second kappa shape index (κ2) is 21.9. The van der Waals surface area contributed by atoms with E-state index in [1.165, 1.54) is 11.9 Å². The lowest BCUT2D eigenvalue weighted by Crippen LogP contribution is -2.70. The van der Waals surface area contributed by atoms with Crippen LogP contribution in [0.15, 0.2) is 4.99 Å². The van der Waals surface area contributed by atoms with Crippen molar-refractivity contribution in [2.45, 2.75) is 125 Å². The number of β-amino-alcohol motifs (C(OH)–C–C–N with tert-alkyl or cyclic N) is 1. The summed E-state index contributed by atoms with van der Waals surface area (Å²) in [4.78, 5) is 67.4. The summed E-state index contributed by atoms with van der Waals surface area (Å²) in [7, 11) is 1.54. The molecule has 3 rings (SSSR count). The van der Waals surface area contributed by atoms with Crippen molar-refractivity contribution in [2.75, 3.05) is 39.8 Å². The van der Waals surface area contributed by atoms with Crippen molar-refractivity contribution in [3.05, 3.63) is 0 Å². The molecule has 22 heteroatoms. The number of aliphatic hydroxyl groups excluding tert-OH is 3. The minimum absolute atomic E-state index is 0.0363. The molecule has 3 aliphatic heterocycles. The molecule has 22 nitrogen and oxygen atoms in total. The molecule has 0 aliphatic carbocycles. The van der Waals surface area contributed by atoms with E-state index in [9.17, 15) is 39.3 Å². The average Bonchev–Trinajstić information content (AvgIpc) is 3.53. The number of likely N-dealkylation sites (N-methyl/N-ethyl adjacent to an activating group) is 1. The Bertz CT molecular complexity index is 1300. The number of rotatable bonds is 21. The second-order valence-corrected chi connectivity index (χ2v) is 14.1. The number of likely N-dealkylation sites (tertiary alicyclic amines) is 1. The lowest BCUT2D eigenvalue weighted by molar-refractivity contribution is -0.198. The monoisotopic (exact) mass is 772 g/mol. The van der Waals surface area contributed by atoms with E-state index >= 15 is 0 Å². The van der Waals surface area contributed by atoms with Gasteiger partial charge in [-0.1, -0.05) is 0 Å². The van der Waals surface area contributed by atoms with Gasteiger partial charge >= 0.3 is 6.09 Å². The number of aliphatic imine (C=N–C) groups is 1. The molecule has 2 saturated heterocycles.